The van der Waals surface area contributed by atoms with Crippen molar-refractivity contribution in [3.8, 4) is 6.07 Å². The SMILES string of the molecule is N#CC1CCCN1C(=O)c1cc(Br)ccc1F. The highest BCUT2D eigenvalue weighted by molar-refractivity contribution is 9.10. The minimum atomic E-state index is -0.554. The molecular formula is C12H10BrFN2O. The molecule has 0 spiro atoms. The number of hydrogen-bond donors (Lipinski definition) is 0. The van der Waals surface area contributed by atoms with E-state index < -0.39 is 17.8 Å². The Morgan fingerprint density at radius 3 is 3.06 bits per heavy atom. The van der Waals surface area contributed by atoms with Crippen LogP contribution in [0.1, 0.15) is 23.2 Å². The van der Waals surface area contributed by atoms with E-state index in [1.54, 1.807) is 0 Å². The van der Waals surface area contributed by atoms with Gasteiger partial charge in [-0.05, 0) is 31.0 Å². The number of rotatable bonds is 1. The van der Waals surface area contributed by atoms with Crippen molar-refractivity contribution in [2.24, 2.45) is 0 Å². The van der Waals surface area contributed by atoms with Crippen LogP contribution in [-0.2, 0) is 0 Å². The maximum Gasteiger partial charge on any atom is 0.257 e. The van der Waals surface area contributed by atoms with Crippen LogP contribution in [0, 0.1) is 17.1 Å². The largest absolute Gasteiger partial charge is 0.323 e. The Morgan fingerprint density at radius 2 is 2.35 bits per heavy atom. The summed E-state index contributed by atoms with van der Waals surface area (Å²) in [6, 6.07) is 5.87. The molecule has 5 heteroatoms. The molecule has 1 fully saturated rings. The molecule has 1 unspecified atom stereocenters. The number of hydrogen-bond acceptors (Lipinski definition) is 2. The molecule has 17 heavy (non-hydrogen) atoms. The van der Waals surface area contributed by atoms with Crippen LogP contribution in [0.25, 0.3) is 0 Å². The van der Waals surface area contributed by atoms with Gasteiger partial charge in [0, 0.05) is 11.0 Å². The first-order valence-electron chi connectivity index (χ1n) is 5.29. The second-order valence-corrected chi connectivity index (χ2v) is 4.83. The molecule has 0 radical (unpaired) electrons. The summed E-state index contributed by atoms with van der Waals surface area (Å²) in [6.07, 6.45) is 1.46. The van der Waals surface area contributed by atoms with E-state index >= 15 is 0 Å². The average molecular weight is 297 g/mol. The summed E-state index contributed by atoms with van der Waals surface area (Å²) >= 11 is 3.20. The van der Waals surface area contributed by atoms with Gasteiger partial charge in [-0.2, -0.15) is 5.26 Å². The number of carbonyl (C=O) groups is 1. The van der Waals surface area contributed by atoms with Gasteiger partial charge in [0.25, 0.3) is 5.91 Å². The molecule has 0 aliphatic carbocycles. The van der Waals surface area contributed by atoms with Crippen LogP contribution in [0.3, 0.4) is 0 Å². The lowest BCUT2D eigenvalue weighted by Gasteiger charge is -2.19. The summed E-state index contributed by atoms with van der Waals surface area (Å²) in [4.78, 5) is 13.5. The third kappa shape index (κ3) is 2.32. The number of halogens is 2. The number of carbonyl (C=O) groups excluding carboxylic acids is 1. The fraction of sp³-hybridized carbons (Fsp3) is 0.333. The highest BCUT2D eigenvalue weighted by Crippen LogP contribution is 2.22. The summed E-state index contributed by atoms with van der Waals surface area (Å²) in [7, 11) is 0. The number of likely N-dealkylation sites (tertiary alicyclic amines) is 1. The molecule has 0 saturated carbocycles. The Kier molecular flexibility index (Phi) is 3.43. The van der Waals surface area contributed by atoms with Gasteiger partial charge in [0.1, 0.15) is 11.9 Å². The molecule has 1 heterocycles. The Labute approximate surface area is 107 Å². The van der Waals surface area contributed by atoms with Gasteiger partial charge in [-0.3, -0.25) is 4.79 Å². The van der Waals surface area contributed by atoms with E-state index in [9.17, 15) is 9.18 Å². The number of nitriles is 1. The smallest absolute Gasteiger partial charge is 0.257 e. The summed E-state index contributed by atoms with van der Waals surface area (Å²) in [6.45, 7) is 0.517. The first-order chi connectivity index (χ1) is 8.13. The van der Waals surface area contributed by atoms with Crippen LogP contribution >= 0.6 is 15.9 Å². The zero-order valence-corrected chi connectivity index (χ0v) is 10.6. The van der Waals surface area contributed by atoms with Crippen molar-refractivity contribution < 1.29 is 9.18 Å². The van der Waals surface area contributed by atoms with Crippen LogP contribution < -0.4 is 0 Å². The molecule has 1 aromatic rings. The highest BCUT2D eigenvalue weighted by atomic mass is 79.9. The van der Waals surface area contributed by atoms with Gasteiger partial charge in [-0.25, -0.2) is 4.39 Å². The van der Waals surface area contributed by atoms with E-state index in [4.69, 9.17) is 5.26 Å². The topological polar surface area (TPSA) is 44.1 Å². The molecule has 1 aliphatic rings. The molecule has 88 valence electrons. The van der Waals surface area contributed by atoms with E-state index in [-0.39, 0.29) is 5.56 Å². The van der Waals surface area contributed by atoms with Crippen molar-refractivity contribution in [2.75, 3.05) is 6.54 Å². The molecule has 3 nitrogen and oxygen atoms in total. The molecule has 2 rings (SSSR count). The van der Waals surface area contributed by atoms with Gasteiger partial charge in [0.05, 0.1) is 11.6 Å². The maximum absolute atomic E-state index is 13.6. The number of amides is 1. The average Bonchev–Trinajstić information content (AvgIpc) is 2.79. The molecular weight excluding hydrogens is 287 g/mol. The van der Waals surface area contributed by atoms with Crippen molar-refractivity contribution >= 4 is 21.8 Å². The van der Waals surface area contributed by atoms with E-state index in [0.717, 1.165) is 6.42 Å². The van der Waals surface area contributed by atoms with Crippen LogP contribution in [-0.4, -0.2) is 23.4 Å². The lowest BCUT2D eigenvalue weighted by atomic mass is 10.1. The van der Waals surface area contributed by atoms with E-state index in [1.807, 2.05) is 0 Å². The van der Waals surface area contributed by atoms with Crippen molar-refractivity contribution in [2.45, 2.75) is 18.9 Å². The third-order valence-corrected chi connectivity index (χ3v) is 3.31. The molecule has 1 aliphatic heterocycles. The molecule has 0 aromatic heterocycles. The first-order valence-corrected chi connectivity index (χ1v) is 6.08. The molecule has 0 bridgehead atoms. The van der Waals surface area contributed by atoms with Gasteiger partial charge in [0.15, 0.2) is 0 Å². The van der Waals surface area contributed by atoms with E-state index in [1.165, 1.54) is 23.1 Å². The zero-order chi connectivity index (χ0) is 12.4. The highest BCUT2D eigenvalue weighted by Gasteiger charge is 2.30. The van der Waals surface area contributed by atoms with Gasteiger partial charge in [-0.15, -0.1) is 0 Å². The summed E-state index contributed by atoms with van der Waals surface area (Å²) in [5.41, 5.74) is 0.0153. The Bertz CT molecular complexity index is 498. The molecule has 1 saturated heterocycles. The molecule has 1 amide bonds. The zero-order valence-electron chi connectivity index (χ0n) is 8.99. The Balaban J connectivity index is 2.31. The van der Waals surface area contributed by atoms with Gasteiger partial charge >= 0.3 is 0 Å². The maximum atomic E-state index is 13.6. The van der Waals surface area contributed by atoms with Crippen LogP contribution in [0.15, 0.2) is 22.7 Å². The van der Waals surface area contributed by atoms with Crippen LogP contribution in [0.5, 0.6) is 0 Å². The van der Waals surface area contributed by atoms with E-state index in [0.29, 0.717) is 17.4 Å². The summed E-state index contributed by atoms with van der Waals surface area (Å²) in [5, 5.41) is 8.91. The molecule has 0 N–H and O–H groups in total. The number of nitrogens with zero attached hydrogens (tertiary/aromatic N) is 2. The monoisotopic (exact) mass is 296 g/mol. The quantitative estimate of drug-likeness (QED) is 0.800. The lowest BCUT2D eigenvalue weighted by Crippen LogP contribution is -2.35. The second kappa shape index (κ2) is 4.84. The fourth-order valence-corrected chi connectivity index (χ4v) is 2.32. The first kappa shape index (κ1) is 12.1. The normalized spacial score (nSPS) is 19.1. The van der Waals surface area contributed by atoms with Crippen molar-refractivity contribution in [3.05, 3.63) is 34.1 Å². The molecule has 1 atom stereocenters. The third-order valence-electron chi connectivity index (χ3n) is 2.82. The van der Waals surface area contributed by atoms with Crippen molar-refractivity contribution in [1.29, 1.82) is 5.26 Å². The van der Waals surface area contributed by atoms with Gasteiger partial charge < -0.3 is 4.90 Å². The predicted molar refractivity (Wildman–Crippen MR) is 63.8 cm³/mol. The minimum Gasteiger partial charge on any atom is -0.323 e. The summed E-state index contributed by atoms with van der Waals surface area (Å²) in [5.74, 6) is -0.963. The molecule has 1 aromatic carbocycles. The standard InChI is InChI=1S/C12H10BrFN2O/c13-8-3-4-11(14)10(6-8)12(17)16-5-1-2-9(16)7-15/h3-4,6,9H,1-2,5H2. The summed E-state index contributed by atoms with van der Waals surface area (Å²) < 4.78 is 14.2. The second-order valence-electron chi connectivity index (χ2n) is 3.91. The van der Waals surface area contributed by atoms with Gasteiger partial charge in [0.2, 0.25) is 0 Å². The Morgan fingerprint density at radius 1 is 1.59 bits per heavy atom. The Hall–Kier alpha value is -1.41. The number of benzene rings is 1. The predicted octanol–water partition coefficient (Wildman–Crippen LogP) is 2.72. The lowest BCUT2D eigenvalue weighted by molar-refractivity contribution is 0.0760. The fourth-order valence-electron chi connectivity index (χ4n) is 1.96. The minimum absolute atomic E-state index is 0.0153. The van der Waals surface area contributed by atoms with Gasteiger partial charge in [-0.1, -0.05) is 15.9 Å². The van der Waals surface area contributed by atoms with Crippen LogP contribution in [0.4, 0.5) is 4.39 Å². The van der Waals surface area contributed by atoms with Crippen LogP contribution in [0.2, 0.25) is 0 Å². The van der Waals surface area contributed by atoms with E-state index in [2.05, 4.69) is 22.0 Å². The van der Waals surface area contributed by atoms with Crippen molar-refractivity contribution in [1.82, 2.24) is 4.90 Å². The van der Waals surface area contributed by atoms with Crippen molar-refractivity contribution in [3.63, 3.8) is 0 Å².